The fraction of sp³-hybridized carbons (Fsp3) is 0.517. The lowest BCUT2D eigenvalue weighted by atomic mass is 9.83. The number of nitrogens with one attached hydrogen (secondary N) is 2. The number of nitriles is 1. The molecule has 0 aromatic heterocycles. The van der Waals surface area contributed by atoms with Crippen LogP contribution in [0.5, 0.6) is 0 Å². The molecule has 1 saturated carbocycles. The molecular weight excluding hydrogens is 437 g/mol. The zero-order valence-electron chi connectivity index (χ0n) is 20.6. The highest BCUT2D eigenvalue weighted by Crippen LogP contribution is 2.28. The molecule has 2 fully saturated rings. The molecule has 0 spiro atoms. The van der Waals surface area contributed by atoms with E-state index in [1.54, 1.807) is 12.1 Å². The normalized spacial score (nSPS) is 23.4. The molecule has 186 valence electrons. The van der Waals surface area contributed by atoms with Gasteiger partial charge >= 0.3 is 0 Å². The standard InChI is InChI=1S/C29H38FN5/c30-27-14-12-24(13-15-27)19-25-9-6-18-35(20-25)21-26-10-4-5-11-28(26)34-29(33-22-31)32-17-16-23-7-2-1-3-8-23/h1-3,7-8,12-15,25-26,28H,4-6,9-11,16-21H2,(H2,32,33,34)/t25-,26-,28+/m0/s1. The van der Waals surface area contributed by atoms with E-state index < -0.39 is 0 Å². The maximum atomic E-state index is 13.3. The minimum atomic E-state index is -0.163. The van der Waals surface area contributed by atoms with Gasteiger partial charge < -0.3 is 15.5 Å². The zero-order valence-corrected chi connectivity index (χ0v) is 20.6. The first-order valence-corrected chi connectivity index (χ1v) is 13.2. The molecule has 0 unspecified atom stereocenters. The summed E-state index contributed by atoms with van der Waals surface area (Å²) >= 11 is 0. The topological polar surface area (TPSA) is 63.5 Å². The molecule has 1 saturated heterocycles. The Morgan fingerprint density at radius 3 is 2.60 bits per heavy atom. The van der Waals surface area contributed by atoms with E-state index in [0.717, 1.165) is 45.4 Å². The molecule has 35 heavy (non-hydrogen) atoms. The SMILES string of the molecule is N#CN=C(NCCc1ccccc1)N[C@@H]1CCCC[C@H]1CN1CCC[C@@H](Cc2ccc(F)cc2)C1. The average Bonchev–Trinajstić information content (AvgIpc) is 2.88. The third-order valence-corrected chi connectivity index (χ3v) is 7.48. The molecule has 1 aliphatic heterocycles. The van der Waals surface area contributed by atoms with Crippen LogP contribution in [0.2, 0.25) is 0 Å². The molecule has 1 aliphatic carbocycles. The Kier molecular flexibility index (Phi) is 9.54. The van der Waals surface area contributed by atoms with Gasteiger partial charge in [-0.15, -0.1) is 4.99 Å². The molecule has 3 atom stereocenters. The van der Waals surface area contributed by atoms with Crippen molar-refractivity contribution in [2.24, 2.45) is 16.8 Å². The van der Waals surface area contributed by atoms with Gasteiger partial charge in [0.25, 0.3) is 0 Å². The second kappa shape index (κ2) is 13.3. The van der Waals surface area contributed by atoms with Gasteiger partial charge in [-0.3, -0.25) is 0 Å². The van der Waals surface area contributed by atoms with E-state index in [2.05, 4.69) is 44.8 Å². The van der Waals surface area contributed by atoms with E-state index >= 15 is 0 Å². The second-order valence-electron chi connectivity index (χ2n) is 10.1. The van der Waals surface area contributed by atoms with Crippen molar-refractivity contribution in [2.45, 2.75) is 57.4 Å². The summed E-state index contributed by atoms with van der Waals surface area (Å²) in [5.41, 5.74) is 2.50. The van der Waals surface area contributed by atoms with E-state index in [-0.39, 0.29) is 5.82 Å². The first-order chi connectivity index (χ1) is 17.2. The van der Waals surface area contributed by atoms with Crippen LogP contribution in [0.3, 0.4) is 0 Å². The number of halogens is 1. The molecule has 2 aliphatic rings. The highest BCUT2D eigenvalue weighted by molar-refractivity contribution is 5.81. The molecule has 5 nitrogen and oxygen atoms in total. The van der Waals surface area contributed by atoms with Crippen LogP contribution < -0.4 is 10.6 Å². The number of nitrogens with zero attached hydrogens (tertiary/aromatic N) is 3. The summed E-state index contributed by atoms with van der Waals surface area (Å²) in [6.07, 6.45) is 11.1. The summed E-state index contributed by atoms with van der Waals surface area (Å²) in [6, 6.07) is 17.7. The van der Waals surface area contributed by atoms with Gasteiger partial charge in [0, 0.05) is 25.7 Å². The minimum absolute atomic E-state index is 0.163. The fourth-order valence-electron chi connectivity index (χ4n) is 5.70. The summed E-state index contributed by atoms with van der Waals surface area (Å²) in [5, 5.41) is 16.2. The van der Waals surface area contributed by atoms with Crippen molar-refractivity contribution in [3.05, 3.63) is 71.5 Å². The highest BCUT2D eigenvalue weighted by atomic mass is 19.1. The highest BCUT2D eigenvalue weighted by Gasteiger charge is 2.30. The number of benzene rings is 2. The molecule has 0 radical (unpaired) electrons. The largest absolute Gasteiger partial charge is 0.355 e. The Morgan fingerprint density at radius 1 is 1.00 bits per heavy atom. The molecule has 0 amide bonds. The van der Waals surface area contributed by atoms with Crippen LogP contribution in [-0.4, -0.2) is 43.1 Å². The fourth-order valence-corrected chi connectivity index (χ4v) is 5.70. The van der Waals surface area contributed by atoms with Crippen LogP contribution in [0, 0.1) is 29.1 Å². The molecule has 2 aromatic carbocycles. The first-order valence-electron chi connectivity index (χ1n) is 13.2. The van der Waals surface area contributed by atoms with Gasteiger partial charge in [-0.1, -0.05) is 55.3 Å². The monoisotopic (exact) mass is 475 g/mol. The minimum Gasteiger partial charge on any atom is -0.355 e. The number of guanidine groups is 1. The predicted octanol–water partition coefficient (Wildman–Crippen LogP) is 4.90. The van der Waals surface area contributed by atoms with Crippen molar-refractivity contribution in [1.82, 2.24) is 15.5 Å². The van der Waals surface area contributed by atoms with Crippen LogP contribution in [0.15, 0.2) is 59.6 Å². The van der Waals surface area contributed by atoms with Crippen molar-refractivity contribution in [1.29, 1.82) is 5.26 Å². The maximum absolute atomic E-state index is 13.3. The van der Waals surface area contributed by atoms with Gasteiger partial charge in [-0.25, -0.2) is 4.39 Å². The van der Waals surface area contributed by atoms with E-state index in [1.165, 1.54) is 43.2 Å². The van der Waals surface area contributed by atoms with Crippen LogP contribution in [0.25, 0.3) is 0 Å². The molecule has 6 heteroatoms. The second-order valence-corrected chi connectivity index (χ2v) is 10.1. The molecular formula is C29H38FN5. The smallest absolute Gasteiger partial charge is 0.209 e. The van der Waals surface area contributed by atoms with E-state index in [1.807, 2.05) is 24.4 Å². The van der Waals surface area contributed by atoms with Crippen LogP contribution in [0.4, 0.5) is 4.39 Å². The van der Waals surface area contributed by atoms with E-state index in [9.17, 15) is 9.65 Å². The molecule has 0 bridgehead atoms. The predicted molar refractivity (Wildman–Crippen MR) is 139 cm³/mol. The van der Waals surface area contributed by atoms with E-state index in [4.69, 9.17) is 0 Å². The van der Waals surface area contributed by atoms with Gasteiger partial charge in [0.05, 0.1) is 0 Å². The number of hydrogen-bond acceptors (Lipinski definition) is 3. The van der Waals surface area contributed by atoms with Gasteiger partial charge in [0.15, 0.2) is 0 Å². The number of piperidine rings is 1. The van der Waals surface area contributed by atoms with Crippen molar-refractivity contribution in [3.8, 4) is 6.19 Å². The van der Waals surface area contributed by atoms with Gasteiger partial charge in [-0.05, 0) is 80.2 Å². The Bertz CT molecular complexity index is 969. The summed E-state index contributed by atoms with van der Waals surface area (Å²) in [5.74, 6) is 1.62. The number of rotatable bonds is 8. The van der Waals surface area contributed by atoms with Gasteiger partial charge in [0.2, 0.25) is 12.2 Å². The molecule has 2 N–H and O–H groups in total. The number of likely N-dealkylation sites (tertiary alicyclic amines) is 1. The van der Waals surface area contributed by atoms with E-state index in [0.29, 0.717) is 23.8 Å². The van der Waals surface area contributed by atoms with Crippen molar-refractivity contribution >= 4 is 5.96 Å². The number of aliphatic imine (C=N–C) groups is 1. The van der Waals surface area contributed by atoms with Crippen molar-refractivity contribution in [2.75, 3.05) is 26.2 Å². The Balaban J connectivity index is 1.29. The summed E-state index contributed by atoms with van der Waals surface area (Å²) in [6.45, 7) is 4.08. The first kappa shape index (κ1) is 25.2. The zero-order chi connectivity index (χ0) is 24.3. The quantitative estimate of drug-likeness (QED) is 0.324. The summed E-state index contributed by atoms with van der Waals surface area (Å²) in [7, 11) is 0. The van der Waals surface area contributed by atoms with Crippen molar-refractivity contribution in [3.63, 3.8) is 0 Å². The maximum Gasteiger partial charge on any atom is 0.209 e. The van der Waals surface area contributed by atoms with Crippen LogP contribution >= 0.6 is 0 Å². The van der Waals surface area contributed by atoms with Crippen LogP contribution in [0.1, 0.15) is 49.7 Å². The average molecular weight is 476 g/mol. The van der Waals surface area contributed by atoms with Gasteiger partial charge in [0.1, 0.15) is 5.82 Å². The lowest BCUT2D eigenvalue weighted by molar-refractivity contribution is 0.125. The Labute approximate surface area is 209 Å². The van der Waals surface area contributed by atoms with Gasteiger partial charge in [-0.2, -0.15) is 5.26 Å². The summed E-state index contributed by atoms with van der Waals surface area (Å²) in [4.78, 5) is 6.69. The molecule has 2 aromatic rings. The summed E-state index contributed by atoms with van der Waals surface area (Å²) < 4.78 is 13.3. The lowest BCUT2D eigenvalue weighted by Crippen LogP contribution is -2.51. The Morgan fingerprint density at radius 2 is 1.80 bits per heavy atom. The Hall–Kier alpha value is -2.91. The third kappa shape index (κ3) is 8.07. The number of hydrogen-bond donors (Lipinski definition) is 2. The molecule has 4 rings (SSSR count). The molecule has 1 heterocycles. The van der Waals surface area contributed by atoms with Crippen LogP contribution in [-0.2, 0) is 12.8 Å². The van der Waals surface area contributed by atoms with Crippen molar-refractivity contribution < 1.29 is 4.39 Å². The lowest BCUT2D eigenvalue weighted by Gasteiger charge is -2.39. The third-order valence-electron chi connectivity index (χ3n) is 7.48.